The fraction of sp³-hybridized carbons (Fsp3) is 0.417. The van der Waals surface area contributed by atoms with Crippen LogP contribution < -0.4 is 11.5 Å². The molecule has 0 amide bonds. The Hall–Kier alpha value is -1.51. The van der Waals surface area contributed by atoms with Gasteiger partial charge in [0.1, 0.15) is 0 Å². The van der Waals surface area contributed by atoms with Gasteiger partial charge >= 0.3 is 0 Å². The lowest BCUT2D eigenvalue weighted by Gasteiger charge is -2.19. The maximum Gasteiger partial charge on any atom is 0.191 e. The summed E-state index contributed by atoms with van der Waals surface area (Å²) in [5, 5.41) is 0. The number of aliphatic imine (C=N–C) groups is 1. The van der Waals surface area contributed by atoms with Gasteiger partial charge in [-0.2, -0.15) is 0 Å². The van der Waals surface area contributed by atoms with E-state index in [2.05, 4.69) is 31.8 Å². The molecule has 0 aliphatic heterocycles. The van der Waals surface area contributed by atoms with Gasteiger partial charge in [-0.15, -0.1) is 0 Å². The van der Waals surface area contributed by atoms with E-state index in [-0.39, 0.29) is 11.4 Å². The number of guanidine groups is 1. The molecule has 0 atom stereocenters. The normalized spacial score (nSPS) is 11.2. The minimum atomic E-state index is 0.101. The molecule has 1 aromatic rings. The van der Waals surface area contributed by atoms with Gasteiger partial charge in [0.05, 0.1) is 5.69 Å². The first-order valence-electron chi connectivity index (χ1n) is 5.01. The second kappa shape index (κ2) is 3.93. The van der Waals surface area contributed by atoms with Crippen LogP contribution in [0.3, 0.4) is 0 Å². The topological polar surface area (TPSA) is 64.4 Å². The zero-order valence-electron chi connectivity index (χ0n) is 9.83. The first-order chi connectivity index (χ1) is 6.80. The second-order valence-corrected chi connectivity index (χ2v) is 4.79. The van der Waals surface area contributed by atoms with E-state index in [1.807, 2.05) is 19.1 Å². The van der Waals surface area contributed by atoms with Gasteiger partial charge in [0.25, 0.3) is 0 Å². The Morgan fingerprint density at radius 1 is 1.20 bits per heavy atom. The third-order valence-electron chi connectivity index (χ3n) is 2.32. The van der Waals surface area contributed by atoms with E-state index < -0.39 is 0 Å². The monoisotopic (exact) mass is 205 g/mol. The molecule has 1 rings (SSSR count). The van der Waals surface area contributed by atoms with Gasteiger partial charge in [0.15, 0.2) is 5.96 Å². The van der Waals surface area contributed by atoms with Crippen molar-refractivity contribution in [2.24, 2.45) is 16.5 Å². The standard InChI is InChI=1S/C12H19N3/c1-8-5-6-9(12(2,3)4)7-10(8)15-11(13)14/h5-7H,1-4H3,(H4,13,14,15). The van der Waals surface area contributed by atoms with Gasteiger partial charge in [-0.3, -0.25) is 0 Å². The highest BCUT2D eigenvalue weighted by Gasteiger charge is 2.14. The van der Waals surface area contributed by atoms with Gasteiger partial charge in [0.2, 0.25) is 0 Å². The van der Waals surface area contributed by atoms with Crippen LogP contribution in [0.25, 0.3) is 0 Å². The van der Waals surface area contributed by atoms with Crippen LogP contribution in [0, 0.1) is 6.92 Å². The minimum Gasteiger partial charge on any atom is -0.370 e. The zero-order valence-corrected chi connectivity index (χ0v) is 9.83. The van der Waals surface area contributed by atoms with Gasteiger partial charge in [-0.1, -0.05) is 32.9 Å². The fourth-order valence-corrected chi connectivity index (χ4v) is 1.34. The molecule has 3 heteroatoms. The molecule has 0 aromatic heterocycles. The molecule has 0 fully saturated rings. The SMILES string of the molecule is Cc1ccc(C(C)(C)C)cc1N=C(N)N. The molecule has 0 saturated carbocycles. The number of hydrogen-bond donors (Lipinski definition) is 2. The van der Waals surface area contributed by atoms with E-state index in [1.165, 1.54) is 5.56 Å². The van der Waals surface area contributed by atoms with E-state index in [0.717, 1.165) is 11.3 Å². The highest BCUT2D eigenvalue weighted by molar-refractivity contribution is 5.79. The van der Waals surface area contributed by atoms with Gasteiger partial charge in [-0.05, 0) is 29.5 Å². The van der Waals surface area contributed by atoms with Gasteiger partial charge in [-0.25, -0.2) is 4.99 Å². The Morgan fingerprint density at radius 3 is 2.27 bits per heavy atom. The van der Waals surface area contributed by atoms with Crippen LogP contribution in [-0.2, 0) is 5.41 Å². The number of benzene rings is 1. The lowest BCUT2D eigenvalue weighted by atomic mass is 9.86. The molecule has 0 aliphatic carbocycles. The van der Waals surface area contributed by atoms with Crippen molar-refractivity contribution in [1.82, 2.24) is 0 Å². The van der Waals surface area contributed by atoms with Crippen molar-refractivity contribution in [3.8, 4) is 0 Å². The van der Waals surface area contributed by atoms with Crippen molar-refractivity contribution in [2.75, 3.05) is 0 Å². The Kier molecular flexibility index (Phi) is 3.03. The van der Waals surface area contributed by atoms with E-state index in [9.17, 15) is 0 Å². The Labute approximate surface area is 91.2 Å². The summed E-state index contributed by atoms with van der Waals surface area (Å²) in [7, 11) is 0. The molecule has 15 heavy (non-hydrogen) atoms. The molecule has 0 bridgehead atoms. The minimum absolute atomic E-state index is 0.101. The first-order valence-corrected chi connectivity index (χ1v) is 5.01. The van der Waals surface area contributed by atoms with Crippen LogP contribution in [-0.4, -0.2) is 5.96 Å². The van der Waals surface area contributed by atoms with Crippen molar-refractivity contribution in [2.45, 2.75) is 33.1 Å². The number of rotatable bonds is 1. The summed E-state index contributed by atoms with van der Waals surface area (Å²) in [5.41, 5.74) is 14.0. The van der Waals surface area contributed by atoms with Crippen molar-refractivity contribution >= 4 is 11.6 Å². The molecule has 0 aliphatic rings. The van der Waals surface area contributed by atoms with Crippen molar-refractivity contribution in [1.29, 1.82) is 0 Å². The van der Waals surface area contributed by atoms with Gasteiger partial charge in [0, 0.05) is 0 Å². The maximum absolute atomic E-state index is 5.38. The van der Waals surface area contributed by atoms with E-state index >= 15 is 0 Å². The molecule has 0 radical (unpaired) electrons. The van der Waals surface area contributed by atoms with Crippen molar-refractivity contribution in [3.05, 3.63) is 29.3 Å². The van der Waals surface area contributed by atoms with Crippen LogP contribution >= 0.6 is 0 Å². The number of nitrogens with two attached hydrogens (primary N) is 2. The maximum atomic E-state index is 5.38. The molecule has 3 nitrogen and oxygen atoms in total. The average molecular weight is 205 g/mol. The number of hydrogen-bond acceptors (Lipinski definition) is 1. The first kappa shape index (κ1) is 11.6. The predicted octanol–water partition coefficient (Wildman–Crippen LogP) is 2.20. The molecule has 0 heterocycles. The number of nitrogens with zero attached hydrogens (tertiary/aromatic N) is 1. The van der Waals surface area contributed by atoms with E-state index in [0.29, 0.717) is 0 Å². The summed E-state index contributed by atoms with van der Waals surface area (Å²) in [4.78, 5) is 4.11. The van der Waals surface area contributed by atoms with Crippen molar-refractivity contribution in [3.63, 3.8) is 0 Å². The quantitative estimate of drug-likeness (QED) is 0.545. The molecule has 4 N–H and O–H groups in total. The summed E-state index contributed by atoms with van der Waals surface area (Å²) < 4.78 is 0. The fourth-order valence-electron chi connectivity index (χ4n) is 1.34. The highest BCUT2D eigenvalue weighted by atomic mass is 15.0. The lowest BCUT2D eigenvalue weighted by molar-refractivity contribution is 0.590. The molecule has 82 valence electrons. The summed E-state index contributed by atoms with van der Waals surface area (Å²) in [6, 6.07) is 6.19. The zero-order chi connectivity index (χ0) is 11.6. The summed E-state index contributed by atoms with van der Waals surface area (Å²) in [6.45, 7) is 8.49. The molecular weight excluding hydrogens is 186 g/mol. The van der Waals surface area contributed by atoms with Crippen LogP contribution in [0.1, 0.15) is 31.9 Å². The Morgan fingerprint density at radius 2 is 1.80 bits per heavy atom. The molecule has 1 aromatic carbocycles. The van der Waals surface area contributed by atoms with Crippen LogP contribution in [0.5, 0.6) is 0 Å². The molecule has 0 unspecified atom stereocenters. The Bertz CT molecular complexity index is 382. The van der Waals surface area contributed by atoms with Gasteiger partial charge < -0.3 is 11.5 Å². The summed E-state index contributed by atoms with van der Waals surface area (Å²) >= 11 is 0. The van der Waals surface area contributed by atoms with E-state index in [1.54, 1.807) is 0 Å². The number of aryl methyl sites for hydroxylation is 1. The van der Waals surface area contributed by atoms with Crippen molar-refractivity contribution < 1.29 is 0 Å². The summed E-state index contributed by atoms with van der Waals surface area (Å²) in [6.07, 6.45) is 0. The smallest absolute Gasteiger partial charge is 0.191 e. The van der Waals surface area contributed by atoms with Crippen LogP contribution in [0.2, 0.25) is 0 Å². The molecule has 0 spiro atoms. The third kappa shape index (κ3) is 2.98. The third-order valence-corrected chi connectivity index (χ3v) is 2.32. The lowest BCUT2D eigenvalue weighted by Crippen LogP contribution is -2.22. The highest BCUT2D eigenvalue weighted by Crippen LogP contribution is 2.28. The summed E-state index contributed by atoms with van der Waals surface area (Å²) in [5.74, 6) is 0.101. The van der Waals surface area contributed by atoms with E-state index in [4.69, 9.17) is 11.5 Å². The van der Waals surface area contributed by atoms with Crippen LogP contribution in [0.4, 0.5) is 5.69 Å². The molecular formula is C12H19N3. The largest absolute Gasteiger partial charge is 0.370 e. The Balaban J connectivity index is 3.23. The second-order valence-electron chi connectivity index (χ2n) is 4.79. The predicted molar refractivity (Wildman–Crippen MR) is 65.3 cm³/mol. The van der Waals surface area contributed by atoms with Crippen LogP contribution in [0.15, 0.2) is 23.2 Å². The average Bonchev–Trinajstić information content (AvgIpc) is 2.06. The molecule has 0 saturated heterocycles.